The molecule has 1 heterocycles. The summed E-state index contributed by atoms with van der Waals surface area (Å²) in [7, 11) is -6.08. The van der Waals surface area contributed by atoms with Crippen molar-refractivity contribution in [3.8, 4) is 5.75 Å². The Kier molecular flexibility index (Phi) is 6.53. The van der Waals surface area contributed by atoms with Crippen LogP contribution in [0.4, 0.5) is 5.69 Å². The minimum atomic E-state index is -3.78. The van der Waals surface area contributed by atoms with Gasteiger partial charge < -0.3 is 9.64 Å². The van der Waals surface area contributed by atoms with Crippen LogP contribution in [0.5, 0.6) is 5.75 Å². The Balaban J connectivity index is 1.78. The van der Waals surface area contributed by atoms with E-state index in [2.05, 4.69) is 0 Å². The molecule has 0 unspecified atom stereocenters. The Morgan fingerprint density at radius 3 is 2.06 bits per heavy atom. The number of sulfone groups is 1. The highest BCUT2D eigenvalue weighted by atomic mass is 32.2. The lowest BCUT2D eigenvalue weighted by molar-refractivity contribution is -0.385. The minimum absolute atomic E-state index is 0.0218. The number of nitro groups is 1. The zero-order valence-corrected chi connectivity index (χ0v) is 18.9. The molecule has 0 aliphatic carbocycles. The SMILES string of the molecule is COc1ccc(S(=O)(=O)N2CCN(C(=O)c3cc([N+](=O)[O-])cc(S(C)(=O)=O)c3)CC2)cc1. The molecule has 1 aliphatic rings. The molecular weight excluding hydrogens is 462 g/mol. The third kappa shape index (κ3) is 4.89. The predicted octanol–water partition coefficient (Wildman–Crippen LogP) is 1.15. The second kappa shape index (κ2) is 8.84. The number of rotatable bonds is 6. The number of non-ortho nitro benzene ring substituents is 1. The van der Waals surface area contributed by atoms with Gasteiger partial charge in [0.1, 0.15) is 5.75 Å². The number of carbonyl (C=O) groups is 1. The summed E-state index contributed by atoms with van der Waals surface area (Å²) in [5, 5.41) is 11.2. The summed E-state index contributed by atoms with van der Waals surface area (Å²) in [5.41, 5.74) is -0.664. The molecule has 2 aromatic carbocycles. The van der Waals surface area contributed by atoms with Crippen molar-refractivity contribution < 1.29 is 31.3 Å². The fraction of sp³-hybridized carbons (Fsp3) is 0.316. The third-order valence-electron chi connectivity index (χ3n) is 5.00. The van der Waals surface area contributed by atoms with E-state index in [1.54, 1.807) is 0 Å². The van der Waals surface area contributed by atoms with Crippen molar-refractivity contribution in [3.63, 3.8) is 0 Å². The average molecular weight is 484 g/mol. The lowest BCUT2D eigenvalue weighted by Gasteiger charge is -2.34. The van der Waals surface area contributed by atoms with Crippen LogP contribution in [0.3, 0.4) is 0 Å². The number of hydrogen-bond donors (Lipinski definition) is 0. The third-order valence-corrected chi connectivity index (χ3v) is 8.01. The van der Waals surface area contributed by atoms with E-state index >= 15 is 0 Å². The summed E-state index contributed by atoms with van der Waals surface area (Å²) in [4.78, 5) is 24.4. The lowest BCUT2D eigenvalue weighted by Crippen LogP contribution is -2.50. The molecule has 11 nitrogen and oxygen atoms in total. The normalized spacial score (nSPS) is 15.4. The monoisotopic (exact) mass is 483 g/mol. The molecule has 1 fully saturated rings. The topological polar surface area (TPSA) is 144 Å². The van der Waals surface area contributed by atoms with Crippen LogP contribution < -0.4 is 4.74 Å². The maximum atomic E-state index is 12.9. The molecule has 0 aromatic heterocycles. The van der Waals surface area contributed by atoms with Crippen molar-refractivity contribution in [1.29, 1.82) is 0 Å². The number of nitro benzene ring substituents is 1. The van der Waals surface area contributed by atoms with Gasteiger partial charge in [-0.2, -0.15) is 4.31 Å². The second-order valence-electron chi connectivity index (χ2n) is 7.12. The Bertz CT molecular complexity index is 1250. The predicted molar refractivity (Wildman–Crippen MR) is 114 cm³/mol. The molecule has 0 atom stereocenters. The minimum Gasteiger partial charge on any atom is -0.497 e. The quantitative estimate of drug-likeness (QED) is 0.440. The average Bonchev–Trinajstić information content (AvgIpc) is 2.77. The van der Waals surface area contributed by atoms with E-state index in [4.69, 9.17) is 4.74 Å². The molecule has 0 radical (unpaired) electrons. The highest BCUT2D eigenvalue weighted by molar-refractivity contribution is 7.90. The van der Waals surface area contributed by atoms with Gasteiger partial charge in [0, 0.05) is 50.1 Å². The molecule has 172 valence electrons. The summed E-state index contributed by atoms with van der Waals surface area (Å²) in [6, 6.07) is 8.93. The summed E-state index contributed by atoms with van der Waals surface area (Å²) in [5.74, 6) is -0.0927. The summed E-state index contributed by atoms with van der Waals surface area (Å²) in [6.45, 7) is 0.137. The number of hydrogen-bond acceptors (Lipinski definition) is 8. The molecular formula is C19H21N3O8S2. The maximum absolute atomic E-state index is 12.9. The molecule has 1 amide bonds. The van der Waals surface area contributed by atoms with E-state index in [9.17, 15) is 31.7 Å². The van der Waals surface area contributed by atoms with Crippen molar-refractivity contribution in [3.05, 3.63) is 58.1 Å². The number of methoxy groups -OCH3 is 1. The largest absolute Gasteiger partial charge is 0.497 e. The van der Waals surface area contributed by atoms with E-state index < -0.39 is 36.4 Å². The number of nitrogens with zero attached hydrogens (tertiary/aromatic N) is 3. The Morgan fingerprint density at radius 2 is 1.56 bits per heavy atom. The highest BCUT2D eigenvalue weighted by Crippen LogP contribution is 2.24. The van der Waals surface area contributed by atoms with Gasteiger partial charge in [-0.15, -0.1) is 0 Å². The highest BCUT2D eigenvalue weighted by Gasteiger charge is 2.31. The number of amides is 1. The molecule has 0 spiro atoms. The standard InChI is InChI=1S/C19H21N3O8S2/c1-30-16-3-5-17(6-4-16)32(28,29)21-9-7-20(8-10-21)19(23)14-11-15(22(24)25)13-18(12-14)31(2,26)27/h3-6,11-13H,7-10H2,1-2H3. The van der Waals surface area contributed by atoms with Crippen LogP contribution in [0.2, 0.25) is 0 Å². The zero-order chi connectivity index (χ0) is 23.7. The van der Waals surface area contributed by atoms with Crippen LogP contribution in [-0.4, -0.2) is 76.4 Å². The lowest BCUT2D eigenvalue weighted by atomic mass is 10.1. The molecule has 0 bridgehead atoms. The molecule has 1 aliphatic heterocycles. The fourth-order valence-corrected chi connectivity index (χ4v) is 5.34. The first kappa shape index (κ1) is 23.6. The van der Waals surface area contributed by atoms with Gasteiger partial charge in [0.25, 0.3) is 11.6 Å². The van der Waals surface area contributed by atoms with Crippen molar-refractivity contribution in [2.75, 3.05) is 39.5 Å². The van der Waals surface area contributed by atoms with Crippen molar-refractivity contribution in [2.45, 2.75) is 9.79 Å². The number of ether oxygens (including phenoxy) is 1. The first-order chi connectivity index (χ1) is 14.9. The number of piperazine rings is 1. The molecule has 2 aromatic rings. The summed E-state index contributed by atoms with van der Waals surface area (Å²) < 4.78 is 55.7. The van der Waals surface area contributed by atoms with E-state index in [1.807, 2.05) is 0 Å². The van der Waals surface area contributed by atoms with Gasteiger partial charge in [-0.25, -0.2) is 16.8 Å². The van der Waals surface area contributed by atoms with Crippen LogP contribution in [-0.2, 0) is 19.9 Å². The van der Waals surface area contributed by atoms with Crippen molar-refractivity contribution in [2.24, 2.45) is 0 Å². The Morgan fingerprint density at radius 1 is 0.969 bits per heavy atom. The van der Waals surface area contributed by atoms with E-state index in [-0.39, 0.29) is 41.5 Å². The van der Waals surface area contributed by atoms with E-state index in [0.717, 1.165) is 24.5 Å². The molecule has 13 heteroatoms. The zero-order valence-electron chi connectivity index (χ0n) is 17.3. The van der Waals surface area contributed by atoms with Gasteiger partial charge in [0.15, 0.2) is 9.84 Å². The molecule has 0 saturated carbocycles. The Labute approximate surface area is 185 Å². The molecule has 0 N–H and O–H groups in total. The number of carbonyl (C=O) groups excluding carboxylic acids is 1. The van der Waals surface area contributed by atoms with Crippen LogP contribution >= 0.6 is 0 Å². The van der Waals surface area contributed by atoms with Gasteiger partial charge in [0.2, 0.25) is 10.0 Å². The first-order valence-corrected chi connectivity index (χ1v) is 12.7. The van der Waals surface area contributed by atoms with E-state index in [1.165, 1.54) is 40.6 Å². The first-order valence-electron chi connectivity index (χ1n) is 9.36. The van der Waals surface area contributed by atoms with Gasteiger partial charge in [-0.3, -0.25) is 14.9 Å². The summed E-state index contributed by atoms with van der Waals surface area (Å²) in [6.07, 6.45) is 0.892. The second-order valence-corrected chi connectivity index (χ2v) is 11.1. The van der Waals surface area contributed by atoms with Crippen LogP contribution in [0, 0.1) is 10.1 Å². The van der Waals surface area contributed by atoms with Gasteiger partial charge in [-0.1, -0.05) is 0 Å². The van der Waals surface area contributed by atoms with Crippen LogP contribution in [0.15, 0.2) is 52.3 Å². The van der Waals surface area contributed by atoms with Crippen molar-refractivity contribution >= 4 is 31.5 Å². The summed E-state index contributed by atoms with van der Waals surface area (Å²) >= 11 is 0. The molecule has 1 saturated heterocycles. The number of sulfonamides is 1. The van der Waals surface area contributed by atoms with E-state index in [0.29, 0.717) is 5.75 Å². The van der Waals surface area contributed by atoms with Gasteiger partial charge >= 0.3 is 0 Å². The Hall–Kier alpha value is -3.03. The smallest absolute Gasteiger partial charge is 0.271 e. The molecule has 32 heavy (non-hydrogen) atoms. The fourth-order valence-electron chi connectivity index (χ4n) is 3.24. The number of benzene rings is 2. The van der Waals surface area contributed by atoms with Crippen LogP contribution in [0.1, 0.15) is 10.4 Å². The molecule has 3 rings (SSSR count). The van der Waals surface area contributed by atoms with Crippen LogP contribution in [0.25, 0.3) is 0 Å². The van der Waals surface area contributed by atoms with Gasteiger partial charge in [0.05, 0.1) is 21.8 Å². The van der Waals surface area contributed by atoms with Crippen molar-refractivity contribution in [1.82, 2.24) is 9.21 Å². The maximum Gasteiger partial charge on any atom is 0.271 e. The van der Waals surface area contributed by atoms with Gasteiger partial charge in [-0.05, 0) is 30.3 Å².